The van der Waals surface area contributed by atoms with E-state index in [1.54, 1.807) is 23.3 Å². The van der Waals surface area contributed by atoms with Gasteiger partial charge in [-0.25, -0.2) is 0 Å². The predicted molar refractivity (Wildman–Crippen MR) is 113 cm³/mol. The van der Waals surface area contributed by atoms with E-state index in [0.29, 0.717) is 18.5 Å². The maximum absolute atomic E-state index is 12.4. The summed E-state index contributed by atoms with van der Waals surface area (Å²) in [4.78, 5) is 18.8. The molecule has 0 radical (unpaired) electrons. The number of carbonyl (C=O) groups excluding carboxylic acids is 1. The fourth-order valence-electron chi connectivity index (χ4n) is 3.42. The largest absolute Gasteiger partial charge is 0.396 e. The Balaban J connectivity index is 1.62. The molecule has 7 heteroatoms. The Hall–Kier alpha value is -2.25. The minimum absolute atomic E-state index is 0.00928. The van der Waals surface area contributed by atoms with Crippen LogP contribution >= 0.6 is 11.3 Å². The minimum Gasteiger partial charge on any atom is -0.396 e. The molecule has 1 aromatic heterocycles. The van der Waals surface area contributed by atoms with E-state index in [1.165, 1.54) is 0 Å². The molecule has 0 atom stereocenters. The van der Waals surface area contributed by atoms with Gasteiger partial charge in [0.05, 0.1) is 11.4 Å². The van der Waals surface area contributed by atoms with Gasteiger partial charge in [-0.1, -0.05) is 0 Å². The molecule has 0 spiro atoms. The van der Waals surface area contributed by atoms with Crippen LogP contribution in [0, 0.1) is 0 Å². The number of thiophene rings is 1. The highest BCUT2D eigenvalue weighted by molar-refractivity contribution is 7.08. The fraction of sp³-hybridized carbons (Fsp3) is 0.450. The third kappa shape index (κ3) is 4.73. The SMILES string of the molecule is CN(CCCO)C(=O)c1ccc(N2CCCN(c3cscc3N)CC2)cc1. The highest BCUT2D eigenvalue weighted by Gasteiger charge is 2.18. The van der Waals surface area contributed by atoms with Gasteiger partial charge in [0.25, 0.3) is 5.91 Å². The molecular formula is C20H28N4O2S. The van der Waals surface area contributed by atoms with Crippen LogP contribution in [0.2, 0.25) is 0 Å². The molecule has 0 bridgehead atoms. The summed E-state index contributed by atoms with van der Waals surface area (Å²) in [6.07, 6.45) is 1.67. The number of nitrogen functional groups attached to an aromatic ring is 1. The number of aliphatic hydroxyl groups excluding tert-OH is 1. The number of hydrogen-bond donors (Lipinski definition) is 2. The maximum Gasteiger partial charge on any atom is 0.253 e. The van der Waals surface area contributed by atoms with E-state index in [1.807, 2.05) is 29.6 Å². The summed E-state index contributed by atoms with van der Waals surface area (Å²) in [6.45, 7) is 4.52. The second kappa shape index (κ2) is 9.10. The molecule has 1 aliphatic rings. The smallest absolute Gasteiger partial charge is 0.253 e. The molecule has 0 aliphatic carbocycles. The van der Waals surface area contributed by atoms with Crippen LogP contribution in [-0.4, -0.2) is 62.3 Å². The van der Waals surface area contributed by atoms with Crippen molar-refractivity contribution in [2.75, 3.05) is 61.9 Å². The number of aliphatic hydroxyl groups is 1. The Labute approximate surface area is 164 Å². The van der Waals surface area contributed by atoms with Crippen LogP contribution in [-0.2, 0) is 0 Å². The zero-order chi connectivity index (χ0) is 19.2. The molecule has 1 amide bonds. The maximum atomic E-state index is 12.4. The lowest BCUT2D eigenvalue weighted by atomic mass is 10.1. The molecule has 2 aromatic rings. The van der Waals surface area contributed by atoms with E-state index in [9.17, 15) is 4.79 Å². The van der Waals surface area contributed by atoms with Gasteiger partial charge in [0.1, 0.15) is 0 Å². The molecule has 27 heavy (non-hydrogen) atoms. The van der Waals surface area contributed by atoms with Crippen LogP contribution in [0.15, 0.2) is 35.0 Å². The Morgan fingerprint density at radius 3 is 2.52 bits per heavy atom. The van der Waals surface area contributed by atoms with Crippen molar-refractivity contribution in [1.29, 1.82) is 0 Å². The van der Waals surface area contributed by atoms with Crippen LogP contribution in [0.5, 0.6) is 0 Å². The number of carbonyl (C=O) groups is 1. The lowest BCUT2D eigenvalue weighted by molar-refractivity contribution is 0.0786. The Morgan fingerprint density at radius 2 is 1.85 bits per heavy atom. The highest BCUT2D eigenvalue weighted by Crippen LogP contribution is 2.29. The number of anilines is 3. The van der Waals surface area contributed by atoms with Gasteiger partial charge in [-0.05, 0) is 37.1 Å². The summed E-state index contributed by atoms with van der Waals surface area (Å²) < 4.78 is 0. The Morgan fingerprint density at radius 1 is 1.15 bits per heavy atom. The molecule has 0 saturated carbocycles. The zero-order valence-electron chi connectivity index (χ0n) is 15.8. The van der Waals surface area contributed by atoms with E-state index in [0.717, 1.165) is 49.7 Å². The van der Waals surface area contributed by atoms with Gasteiger partial charge in [0, 0.05) is 68.4 Å². The molecule has 1 aromatic carbocycles. The van der Waals surface area contributed by atoms with E-state index >= 15 is 0 Å². The van der Waals surface area contributed by atoms with Crippen LogP contribution < -0.4 is 15.5 Å². The molecule has 1 saturated heterocycles. The summed E-state index contributed by atoms with van der Waals surface area (Å²) in [5.41, 5.74) is 9.91. The van der Waals surface area contributed by atoms with Gasteiger partial charge >= 0.3 is 0 Å². The quantitative estimate of drug-likeness (QED) is 0.795. The number of nitrogens with two attached hydrogens (primary N) is 1. The number of amides is 1. The van der Waals surface area contributed by atoms with Gasteiger partial charge in [0.15, 0.2) is 0 Å². The molecule has 3 rings (SSSR count). The Kier molecular flexibility index (Phi) is 6.58. The van der Waals surface area contributed by atoms with E-state index in [4.69, 9.17) is 10.8 Å². The Bertz CT molecular complexity index is 747. The molecule has 2 heterocycles. The second-order valence-corrected chi connectivity index (χ2v) is 7.63. The summed E-state index contributed by atoms with van der Waals surface area (Å²) >= 11 is 1.65. The standard InChI is InChI=1S/C20H28N4O2S/c1-22(8-3-13-25)20(26)16-4-6-17(7-5-16)23-9-2-10-24(12-11-23)19-15-27-14-18(19)21/h4-7,14-15,25H,2-3,8-13,21H2,1H3. The molecule has 3 N–H and O–H groups in total. The number of rotatable bonds is 6. The first kappa shape index (κ1) is 19.5. The lowest BCUT2D eigenvalue weighted by Crippen LogP contribution is -2.31. The van der Waals surface area contributed by atoms with E-state index in [2.05, 4.69) is 15.2 Å². The molecule has 0 unspecified atom stereocenters. The van der Waals surface area contributed by atoms with Gasteiger partial charge in [-0.2, -0.15) is 0 Å². The van der Waals surface area contributed by atoms with Crippen LogP contribution in [0.1, 0.15) is 23.2 Å². The van der Waals surface area contributed by atoms with Gasteiger partial charge in [0.2, 0.25) is 0 Å². The van der Waals surface area contributed by atoms with Crippen molar-refractivity contribution >= 4 is 34.3 Å². The molecular weight excluding hydrogens is 360 g/mol. The monoisotopic (exact) mass is 388 g/mol. The fourth-order valence-corrected chi connectivity index (χ4v) is 4.17. The number of hydrogen-bond acceptors (Lipinski definition) is 6. The summed E-state index contributed by atoms with van der Waals surface area (Å²) in [5.74, 6) is -0.00928. The highest BCUT2D eigenvalue weighted by atomic mass is 32.1. The molecule has 146 valence electrons. The van der Waals surface area contributed by atoms with Crippen molar-refractivity contribution in [3.05, 3.63) is 40.6 Å². The van der Waals surface area contributed by atoms with Crippen LogP contribution in [0.25, 0.3) is 0 Å². The molecule has 6 nitrogen and oxygen atoms in total. The summed E-state index contributed by atoms with van der Waals surface area (Å²) in [7, 11) is 1.77. The third-order valence-corrected chi connectivity index (χ3v) is 5.73. The molecule has 1 aliphatic heterocycles. The van der Waals surface area contributed by atoms with E-state index in [-0.39, 0.29) is 12.5 Å². The van der Waals surface area contributed by atoms with Crippen molar-refractivity contribution in [1.82, 2.24) is 4.90 Å². The summed E-state index contributed by atoms with van der Waals surface area (Å²) in [5, 5.41) is 13.0. The number of nitrogens with zero attached hydrogens (tertiary/aromatic N) is 3. The lowest BCUT2D eigenvalue weighted by Gasteiger charge is -2.25. The van der Waals surface area contributed by atoms with Crippen LogP contribution in [0.3, 0.4) is 0 Å². The first-order valence-corrected chi connectivity index (χ1v) is 10.3. The molecule has 1 fully saturated rings. The first-order valence-electron chi connectivity index (χ1n) is 9.38. The zero-order valence-corrected chi connectivity index (χ0v) is 16.6. The third-order valence-electron chi connectivity index (χ3n) is 4.98. The van der Waals surface area contributed by atoms with Gasteiger partial charge in [-0.3, -0.25) is 4.79 Å². The average Bonchev–Trinajstić information content (AvgIpc) is 2.97. The van der Waals surface area contributed by atoms with Crippen molar-refractivity contribution in [2.24, 2.45) is 0 Å². The number of benzene rings is 1. The predicted octanol–water partition coefficient (Wildman–Crippen LogP) is 2.50. The normalized spacial score (nSPS) is 14.9. The van der Waals surface area contributed by atoms with E-state index < -0.39 is 0 Å². The van der Waals surface area contributed by atoms with Crippen molar-refractivity contribution in [3.63, 3.8) is 0 Å². The van der Waals surface area contributed by atoms with Gasteiger partial charge < -0.3 is 25.5 Å². The first-order chi connectivity index (χ1) is 13.1. The van der Waals surface area contributed by atoms with Crippen molar-refractivity contribution in [2.45, 2.75) is 12.8 Å². The average molecular weight is 389 g/mol. The minimum atomic E-state index is -0.00928. The summed E-state index contributed by atoms with van der Waals surface area (Å²) in [6, 6.07) is 7.85. The van der Waals surface area contributed by atoms with Crippen molar-refractivity contribution in [3.8, 4) is 0 Å². The van der Waals surface area contributed by atoms with Gasteiger partial charge in [-0.15, -0.1) is 11.3 Å². The van der Waals surface area contributed by atoms with Crippen molar-refractivity contribution < 1.29 is 9.90 Å². The topological polar surface area (TPSA) is 73.0 Å². The second-order valence-electron chi connectivity index (χ2n) is 6.89. The van der Waals surface area contributed by atoms with Crippen LogP contribution in [0.4, 0.5) is 17.1 Å².